The molecule has 6 nitrogen and oxygen atoms in total. The van der Waals surface area contributed by atoms with E-state index >= 15 is 0 Å². The molecule has 0 bridgehead atoms. The van der Waals surface area contributed by atoms with Gasteiger partial charge in [-0.3, -0.25) is 14.7 Å². The summed E-state index contributed by atoms with van der Waals surface area (Å²) in [7, 11) is 0. The first kappa shape index (κ1) is 14.3. The molecule has 1 aliphatic heterocycles. The van der Waals surface area contributed by atoms with E-state index in [4.69, 9.17) is 11.6 Å². The third-order valence-electron chi connectivity index (χ3n) is 4.19. The molecule has 0 fully saturated rings. The van der Waals surface area contributed by atoms with E-state index in [0.717, 1.165) is 18.7 Å². The van der Waals surface area contributed by atoms with Gasteiger partial charge >= 0.3 is 0 Å². The lowest BCUT2D eigenvalue weighted by Gasteiger charge is -2.08. The van der Waals surface area contributed by atoms with Crippen LogP contribution >= 0.6 is 11.6 Å². The van der Waals surface area contributed by atoms with Crippen LogP contribution in [-0.2, 0) is 13.1 Å². The second kappa shape index (κ2) is 5.40. The number of H-pyrrole nitrogens is 1. The fraction of sp³-hybridized carbons (Fsp3) is 0.250. The van der Waals surface area contributed by atoms with Crippen molar-refractivity contribution in [2.24, 2.45) is 0 Å². The van der Waals surface area contributed by atoms with Gasteiger partial charge in [0.1, 0.15) is 0 Å². The predicted octanol–water partition coefficient (Wildman–Crippen LogP) is 1.63. The molecule has 0 radical (unpaired) electrons. The lowest BCUT2D eigenvalue weighted by atomic mass is 10.2. The molecule has 2 N–H and O–H groups in total. The highest BCUT2D eigenvalue weighted by atomic mass is 35.5. The molecule has 0 unspecified atom stereocenters. The Kier molecular flexibility index (Phi) is 3.36. The highest BCUT2D eigenvalue weighted by Gasteiger charge is 2.19. The summed E-state index contributed by atoms with van der Waals surface area (Å²) in [5.41, 5.74) is 1.55. The van der Waals surface area contributed by atoms with Crippen LogP contribution in [-0.4, -0.2) is 20.9 Å². The molecule has 3 aromatic rings. The normalized spacial score (nSPS) is 14.7. The predicted molar refractivity (Wildman–Crippen MR) is 89.5 cm³/mol. The number of nitrogens with one attached hydrogen (secondary N) is 2. The Morgan fingerprint density at radius 1 is 1.17 bits per heavy atom. The van der Waals surface area contributed by atoms with Gasteiger partial charge in [0.2, 0.25) is 0 Å². The highest BCUT2D eigenvalue weighted by Crippen LogP contribution is 2.20. The first-order valence-corrected chi connectivity index (χ1v) is 7.87. The molecule has 23 heavy (non-hydrogen) atoms. The van der Waals surface area contributed by atoms with Crippen LogP contribution in [0.2, 0.25) is 5.02 Å². The van der Waals surface area contributed by atoms with Crippen LogP contribution in [0.3, 0.4) is 0 Å². The number of aromatic nitrogens is 3. The fourth-order valence-corrected chi connectivity index (χ4v) is 3.33. The van der Waals surface area contributed by atoms with Crippen LogP contribution in [0.5, 0.6) is 0 Å². The molecule has 0 amide bonds. The van der Waals surface area contributed by atoms with E-state index in [1.54, 1.807) is 22.8 Å². The molecule has 0 atom stereocenters. The number of halogens is 1. The molecular formula is C16H15ClN4O2. The molecule has 0 saturated carbocycles. The van der Waals surface area contributed by atoms with Crippen molar-refractivity contribution in [2.45, 2.75) is 19.5 Å². The highest BCUT2D eigenvalue weighted by molar-refractivity contribution is 6.32. The second-order valence-corrected chi connectivity index (χ2v) is 6.01. The van der Waals surface area contributed by atoms with Gasteiger partial charge in [-0.15, -0.1) is 0 Å². The molecule has 0 saturated heterocycles. The van der Waals surface area contributed by atoms with Crippen molar-refractivity contribution in [3.8, 4) is 5.69 Å². The first-order chi connectivity index (χ1) is 11.2. The van der Waals surface area contributed by atoms with Crippen molar-refractivity contribution in [3.63, 3.8) is 0 Å². The number of fused-ring (bicyclic) bond motifs is 3. The van der Waals surface area contributed by atoms with Gasteiger partial charge in [0, 0.05) is 24.8 Å². The number of nitrogens with zero attached hydrogens (tertiary/aromatic N) is 2. The zero-order valence-electron chi connectivity index (χ0n) is 12.3. The third kappa shape index (κ3) is 2.22. The largest absolute Gasteiger partial charge is 0.311 e. The zero-order chi connectivity index (χ0) is 16.0. The summed E-state index contributed by atoms with van der Waals surface area (Å²) in [6, 6.07) is 8.60. The maximum absolute atomic E-state index is 12.9. The lowest BCUT2D eigenvalue weighted by Crippen LogP contribution is -2.25. The van der Waals surface area contributed by atoms with Gasteiger partial charge < -0.3 is 9.88 Å². The molecule has 4 rings (SSSR count). The Labute approximate surface area is 136 Å². The summed E-state index contributed by atoms with van der Waals surface area (Å²) in [5.74, 6) is 0. The van der Waals surface area contributed by atoms with Crippen molar-refractivity contribution in [3.05, 3.63) is 61.8 Å². The van der Waals surface area contributed by atoms with E-state index in [0.29, 0.717) is 34.7 Å². The fourth-order valence-electron chi connectivity index (χ4n) is 3.11. The number of para-hydroxylation sites is 1. The van der Waals surface area contributed by atoms with Crippen molar-refractivity contribution in [1.82, 2.24) is 19.7 Å². The molecular weight excluding hydrogens is 316 g/mol. The molecule has 0 aliphatic carbocycles. The van der Waals surface area contributed by atoms with E-state index in [1.807, 2.05) is 6.07 Å². The van der Waals surface area contributed by atoms with Gasteiger partial charge in [-0.2, -0.15) is 0 Å². The minimum absolute atomic E-state index is 0.0937. The van der Waals surface area contributed by atoms with Crippen molar-refractivity contribution in [2.75, 3.05) is 6.54 Å². The standard InChI is InChI=1S/C16H15ClN4O2/c17-10-4-1-2-5-12(10)21-16(23)15-11(19-21)8-14(22)20-7-3-6-18-9-13(15)20/h1-2,4-5,8,18-19H,3,6-7,9H2. The summed E-state index contributed by atoms with van der Waals surface area (Å²) in [5, 5.41) is 7.29. The Balaban J connectivity index is 2.06. The minimum Gasteiger partial charge on any atom is -0.311 e. The molecule has 0 spiro atoms. The van der Waals surface area contributed by atoms with Gasteiger partial charge in [-0.1, -0.05) is 23.7 Å². The average molecular weight is 331 g/mol. The zero-order valence-corrected chi connectivity index (χ0v) is 13.1. The number of pyridine rings is 1. The van der Waals surface area contributed by atoms with Gasteiger partial charge in [0.25, 0.3) is 11.1 Å². The SMILES string of the molecule is O=c1c2c3n(c(=O)cc2[nH]n1-c1ccccc1Cl)CCCNC3. The molecule has 1 aliphatic rings. The van der Waals surface area contributed by atoms with Gasteiger partial charge in [-0.25, -0.2) is 4.68 Å². The van der Waals surface area contributed by atoms with Gasteiger partial charge in [0.05, 0.1) is 21.6 Å². The average Bonchev–Trinajstić information content (AvgIpc) is 2.73. The van der Waals surface area contributed by atoms with E-state index in [9.17, 15) is 9.59 Å². The van der Waals surface area contributed by atoms with E-state index in [2.05, 4.69) is 10.4 Å². The quantitative estimate of drug-likeness (QED) is 0.712. The van der Waals surface area contributed by atoms with Crippen molar-refractivity contribution >= 4 is 22.5 Å². The molecule has 1 aromatic carbocycles. The summed E-state index contributed by atoms with van der Waals surface area (Å²) in [6.45, 7) is 1.95. The summed E-state index contributed by atoms with van der Waals surface area (Å²) in [4.78, 5) is 25.2. The molecule has 118 valence electrons. The third-order valence-corrected chi connectivity index (χ3v) is 4.51. The number of benzene rings is 1. The topological polar surface area (TPSA) is 71.8 Å². The maximum atomic E-state index is 12.9. The number of hydrogen-bond donors (Lipinski definition) is 2. The van der Waals surface area contributed by atoms with Crippen molar-refractivity contribution in [1.29, 1.82) is 0 Å². The van der Waals surface area contributed by atoms with Gasteiger partial charge in [-0.05, 0) is 25.1 Å². The van der Waals surface area contributed by atoms with Crippen LogP contribution in [0.15, 0.2) is 39.9 Å². The van der Waals surface area contributed by atoms with Crippen molar-refractivity contribution < 1.29 is 0 Å². The number of rotatable bonds is 1. The monoisotopic (exact) mass is 330 g/mol. The Hall–Kier alpha value is -2.31. The lowest BCUT2D eigenvalue weighted by molar-refractivity contribution is 0.631. The van der Waals surface area contributed by atoms with Crippen LogP contribution in [0.1, 0.15) is 12.1 Å². The second-order valence-electron chi connectivity index (χ2n) is 5.60. The smallest absolute Gasteiger partial charge is 0.280 e. The van der Waals surface area contributed by atoms with Crippen LogP contribution < -0.4 is 16.4 Å². The van der Waals surface area contributed by atoms with Crippen LogP contribution in [0, 0.1) is 0 Å². The number of hydrogen-bond acceptors (Lipinski definition) is 3. The first-order valence-electron chi connectivity index (χ1n) is 7.50. The summed E-state index contributed by atoms with van der Waals surface area (Å²) < 4.78 is 3.09. The summed E-state index contributed by atoms with van der Waals surface area (Å²) >= 11 is 6.20. The van der Waals surface area contributed by atoms with Gasteiger partial charge in [0.15, 0.2) is 0 Å². The van der Waals surface area contributed by atoms with Crippen LogP contribution in [0.25, 0.3) is 16.6 Å². The molecule has 2 aromatic heterocycles. The molecule has 3 heterocycles. The van der Waals surface area contributed by atoms with Crippen LogP contribution in [0.4, 0.5) is 0 Å². The van der Waals surface area contributed by atoms with E-state index in [1.165, 1.54) is 10.7 Å². The Morgan fingerprint density at radius 2 is 2.00 bits per heavy atom. The maximum Gasteiger partial charge on any atom is 0.280 e. The van der Waals surface area contributed by atoms with E-state index in [-0.39, 0.29) is 11.1 Å². The molecule has 7 heteroatoms. The number of aromatic amines is 1. The Morgan fingerprint density at radius 3 is 2.83 bits per heavy atom. The minimum atomic E-state index is -0.194. The van der Waals surface area contributed by atoms with E-state index < -0.39 is 0 Å². The Bertz CT molecular complexity index is 1020. The summed E-state index contributed by atoms with van der Waals surface area (Å²) in [6.07, 6.45) is 0.863.